The highest BCUT2D eigenvalue weighted by molar-refractivity contribution is 7.84. The molecule has 61 heavy (non-hydrogen) atoms. The van der Waals surface area contributed by atoms with Crippen molar-refractivity contribution in [3.8, 4) is 5.75 Å². The lowest BCUT2D eigenvalue weighted by molar-refractivity contribution is -0.135. The van der Waals surface area contributed by atoms with Crippen LogP contribution in [0.5, 0.6) is 5.75 Å². The maximum absolute atomic E-state index is 12.6. The molecule has 0 N–H and O–H groups in total. The molecule has 0 bridgehead atoms. The van der Waals surface area contributed by atoms with Crippen LogP contribution in [-0.4, -0.2) is 133 Å². The number of amidine groups is 1. The number of piperazine rings is 1. The lowest BCUT2D eigenvalue weighted by Gasteiger charge is -2.45. The van der Waals surface area contributed by atoms with Gasteiger partial charge in [-0.1, -0.05) is 72.9 Å². The van der Waals surface area contributed by atoms with Gasteiger partial charge >= 0.3 is 0 Å². The molecule has 2 amide bonds. The number of rotatable bonds is 17. The minimum absolute atomic E-state index is 0.0919. The predicted molar refractivity (Wildman–Crippen MR) is 251 cm³/mol. The number of hydrogen-bond acceptors (Lipinski definition) is 9. The lowest BCUT2D eigenvalue weighted by Crippen LogP contribution is -2.50. The first-order chi connectivity index (χ1) is 28.9. The molecule has 3 aromatic carbocycles. The Morgan fingerprint density at radius 1 is 0.869 bits per heavy atom. The molecule has 15 heteroatoms. The number of amides is 2. The first kappa shape index (κ1) is 52.1. The van der Waals surface area contributed by atoms with Gasteiger partial charge in [-0.15, -0.1) is 0 Å². The van der Waals surface area contributed by atoms with Crippen LogP contribution in [0.15, 0.2) is 70.6 Å². The first-order valence-electron chi connectivity index (χ1n) is 21.0. The molecule has 338 valence electrons. The second-order valence-electron chi connectivity index (χ2n) is 15.5. The average molecular weight is 923 g/mol. The third-order valence-electron chi connectivity index (χ3n) is 10.9. The van der Waals surface area contributed by atoms with Crippen molar-refractivity contribution in [1.29, 1.82) is 0 Å². The molecule has 1 fully saturated rings. The van der Waals surface area contributed by atoms with E-state index in [4.69, 9.17) is 54.0 Å². The molecule has 0 spiro atoms. The summed E-state index contributed by atoms with van der Waals surface area (Å²) >= 11 is 18.9. The normalized spacial score (nSPS) is 19.4. The fourth-order valence-electron chi connectivity index (χ4n) is 7.23. The fourth-order valence-corrected chi connectivity index (χ4v) is 8.57. The van der Waals surface area contributed by atoms with Crippen LogP contribution in [0, 0.1) is 0 Å². The van der Waals surface area contributed by atoms with Crippen LogP contribution in [0.3, 0.4) is 0 Å². The van der Waals surface area contributed by atoms with Crippen LogP contribution < -0.4 is 4.74 Å². The number of carbonyl (C=O) groups excluding carboxylic acids is 2. The predicted octanol–water partition coefficient (Wildman–Crippen LogP) is 8.77. The zero-order valence-electron chi connectivity index (χ0n) is 37.8. The number of halogens is 3. The van der Waals surface area contributed by atoms with Crippen LogP contribution in [0.1, 0.15) is 79.0 Å². The molecule has 1 saturated heterocycles. The summed E-state index contributed by atoms with van der Waals surface area (Å²) in [4.78, 5) is 37.0. The fraction of sp³-hybridized carbons (Fsp3) is 0.543. The largest absolute Gasteiger partial charge is 0.493 e. The molecule has 3 aromatic rings. The summed E-state index contributed by atoms with van der Waals surface area (Å²) in [5, 5.41) is 1.73. The molecule has 0 aliphatic carbocycles. The van der Waals surface area contributed by atoms with Crippen molar-refractivity contribution in [3.05, 3.63) is 92.4 Å². The van der Waals surface area contributed by atoms with Gasteiger partial charge in [-0.25, -0.2) is 0 Å². The monoisotopic (exact) mass is 921 g/mol. The zero-order chi connectivity index (χ0) is 45.5. The quantitative estimate of drug-likeness (QED) is 0.124. The van der Waals surface area contributed by atoms with Gasteiger partial charge in [0.2, 0.25) is 12.3 Å². The summed E-state index contributed by atoms with van der Waals surface area (Å²) in [6, 6.07) is 19.2. The standard InChI is InChI=1S/C27H27Cl3N2O2S.C17H33N3O4.C2H6/c1-6-34-23-16-22(30)24(35(5)33)15-21(23)25-31-26(2,17-7-11-19(28)12-8-17)27(3,32(25)4)18-9-13-20(29)14-10-18;1-15(2)23-11-9-20(10-12-24-16(3)4)17(22)13-18-5-7-19(14-21)8-6-18;1-2/h7-16H,6H2,1-5H3;14-16H,5-13H2,1-4H3;1-2H3. The maximum Gasteiger partial charge on any atom is 0.236 e. The molecule has 3 unspecified atom stereocenters. The molecular formula is C46H66Cl3N5O6S. The van der Waals surface area contributed by atoms with Crippen molar-refractivity contribution in [2.45, 2.75) is 90.5 Å². The van der Waals surface area contributed by atoms with Gasteiger partial charge in [0.15, 0.2) is 0 Å². The summed E-state index contributed by atoms with van der Waals surface area (Å²) in [7, 11) is 0.735. The van der Waals surface area contributed by atoms with Gasteiger partial charge in [0.25, 0.3) is 0 Å². The minimum Gasteiger partial charge on any atom is -0.493 e. The minimum atomic E-state index is -1.28. The van der Waals surface area contributed by atoms with Gasteiger partial charge in [-0.3, -0.25) is 23.7 Å². The van der Waals surface area contributed by atoms with Crippen LogP contribution in [-0.2, 0) is 40.9 Å². The van der Waals surface area contributed by atoms with Crippen LogP contribution in [0.25, 0.3) is 0 Å². The van der Waals surface area contributed by atoms with E-state index in [2.05, 4.69) is 23.6 Å². The Morgan fingerprint density at radius 2 is 1.38 bits per heavy atom. The number of carbonyl (C=O) groups is 2. The lowest BCUT2D eigenvalue weighted by atomic mass is 9.71. The van der Waals surface area contributed by atoms with E-state index in [1.807, 2.05) is 115 Å². The SMILES string of the molecule is CC.CC(C)OCCN(CCOC(C)C)C(=O)CN1CCN(C=O)CC1.CCOc1cc(Cl)c(S(C)=O)cc1C1=NC(C)(c2ccc(Cl)cc2)C(C)(c2ccc(Cl)cc2)N1C. The van der Waals surface area contributed by atoms with E-state index in [1.54, 1.807) is 17.2 Å². The van der Waals surface area contributed by atoms with E-state index in [0.29, 0.717) is 84.1 Å². The number of ether oxygens (including phenoxy) is 3. The van der Waals surface area contributed by atoms with Gasteiger partial charge in [0.1, 0.15) is 17.1 Å². The third-order valence-corrected chi connectivity index (χ3v) is 12.7. The van der Waals surface area contributed by atoms with Gasteiger partial charge in [0, 0.05) is 68.7 Å². The van der Waals surface area contributed by atoms with Crippen LogP contribution in [0.2, 0.25) is 15.1 Å². The van der Waals surface area contributed by atoms with Crippen molar-refractivity contribution in [1.82, 2.24) is 19.6 Å². The zero-order valence-corrected chi connectivity index (χ0v) is 40.9. The number of hydrogen-bond donors (Lipinski definition) is 0. The summed E-state index contributed by atoms with van der Waals surface area (Å²) in [6.07, 6.45) is 2.80. The molecule has 0 saturated carbocycles. The third kappa shape index (κ3) is 13.6. The first-order valence-corrected chi connectivity index (χ1v) is 23.7. The number of aliphatic imine (C=N–C) groups is 1. The Bertz CT molecular complexity index is 1900. The number of nitrogens with zero attached hydrogens (tertiary/aromatic N) is 5. The van der Waals surface area contributed by atoms with E-state index < -0.39 is 21.9 Å². The number of likely N-dealkylation sites (N-methyl/N-ethyl adjacent to an activating group) is 1. The Kier molecular flexibility index (Phi) is 21.0. The second kappa shape index (κ2) is 24.6. The Labute approximate surface area is 382 Å². The van der Waals surface area contributed by atoms with Crippen molar-refractivity contribution in [3.63, 3.8) is 0 Å². The topological polar surface area (TPSA) is 104 Å². The second-order valence-corrected chi connectivity index (χ2v) is 18.1. The summed E-state index contributed by atoms with van der Waals surface area (Å²) < 4.78 is 29.6. The van der Waals surface area contributed by atoms with E-state index in [9.17, 15) is 13.8 Å². The van der Waals surface area contributed by atoms with Crippen LogP contribution >= 0.6 is 34.8 Å². The molecule has 2 heterocycles. The van der Waals surface area contributed by atoms with E-state index in [0.717, 1.165) is 36.2 Å². The molecular weight excluding hydrogens is 857 g/mol. The molecule has 0 radical (unpaired) electrons. The Morgan fingerprint density at radius 3 is 1.84 bits per heavy atom. The molecule has 3 atom stereocenters. The molecule has 0 aromatic heterocycles. The van der Waals surface area contributed by atoms with Crippen molar-refractivity contribution < 1.29 is 28.0 Å². The highest BCUT2D eigenvalue weighted by atomic mass is 35.5. The van der Waals surface area contributed by atoms with Crippen molar-refractivity contribution >= 4 is 63.8 Å². The molecule has 5 rings (SSSR count). The van der Waals surface area contributed by atoms with E-state index in [-0.39, 0.29) is 18.1 Å². The van der Waals surface area contributed by atoms with Crippen molar-refractivity contribution in [2.24, 2.45) is 4.99 Å². The smallest absolute Gasteiger partial charge is 0.236 e. The molecule has 2 aliphatic heterocycles. The number of benzene rings is 3. The van der Waals surface area contributed by atoms with E-state index in [1.165, 1.54) is 0 Å². The Balaban J connectivity index is 0.000000335. The summed E-state index contributed by atoms with van der Waals surface area (Å²) in [5.74, 6) is 1.40. The highest BCUT2D eigenvalue weighted by Gasteiger charge is 2.56. The highest BCUT2D eigenvalue weighted by Crippen LogP contribution is 2.53. The van der Waals surface area contributed by atoms with Gasteiger partial charge < -0.3 is 28.9 Å². The summed E-state index contributed by atoms with van der Waals surface area (Å²) in [5.41, 5.74) is 1.49. The molecule has 2 aliphatic rings. The van der Waals surface area contributed by atoms with Gasteiger partial charge in [-0.05, 0) is 89.9 Å². The van der Waals surface area contributed by atoms with E-state index >= 15 is 0 Å². The maximum atomic E-state index is 12.6. The average Bonchev–Trinajstić information content (AvgIpc) is 3.43. The van der Waals surface area contributed by atoms with Crippen molar-refractivity contribution in [2.75, 3.05) is 78.9 Å². The van der Waals surface area contributed by atoms with Crippen LogP contribution in [0.4, 0.5) is 0 Å². The van der Waals surface area contributed by atoms with Gasteiger partial charge in [0.05, 0.1) is 70.4 Å². The summed E-state index contributed by atoms with van der Waals surface area (Å²) in [6.45, 7) is 24.0. The molecule has 11 nitrogen and oxygen atoms in total. The Hall–Kier alpha value is -3.23. The van der Waals surface area contributed by atoms with Gasteiger partial charge in [-0.2, -0.15) is 0 Å².